The first-order chi connectivity index (χ1) is 6.79. The standard InChI is InChI=1S/C12H18N2.ClH/c1-12(6-4-7-12)10-13-9-11-5-2-3-8-14-11;/h2-3,5,8,13H,4,6-7,9-10H2,1H3;1H. The van der Waals surface area contributed by atoms with Gasteiger partial charge in [0.1, 0.15) is 0 Å². The SMILES string of the molecule is CC1(CNCc2ccccn2)CCC1.Cl. The topological polar surface area (TPSA) is 24.9 Å². The molecule has 1 fully saturated rings. The van der Waals surface area contributed by atoms with E-state index in [-0.39, 0.29) is 12.4 Å². The summed E-state index contributed by atoms with van der Waals surface area (Å²) < 4.78 is 0. The fraction of sp³-hybridized carbons (Fsp3) is 0.583. The Morgan fingerprint density at radius 1 is 1.40 bits per heavy atom. The van der Waals surface area contributed by atoms with Crippen LogP contribution in [-0.4, -0.2) is 11.5 Å². The Balaban J connectivity index is 0.00000112. The van der Waals surface area contributed by atoms with Crippen molar-refractivity contribution in [3.63, 3.8) is 0 Å². The van der Waals surface area contributed by atoms with Crippen molar-refractivity contribution in [1.82, 2.24) is 10.3 Å². The Morgan fingerprint density at radius 2 is 2.20 bits per heavy atom. The van der Waals surface area contributed by atoms with Gasteiger partial charge in [-0.3, -0.25) is 4.98 Å². The normalized spacial score (nSPS) is 17.7. The monoisotopic (exact) mass is 226 g/mol. The van der Waals surface area contributed by atoms with Gasteiger partial charge in [-0.25, -0.2) is 0 Å². The van der Waals surface area contributed by atoms with Crippen LogP contribution in [0.5, 0.6) is 0 Å². The van der Waals surface area contributed by atoms with Crippen molar-refractivity contribution >= 4 is 12.4 Å². The molecule has 1 N–H and O–H groups in total. The summed E-state index contributed by atoms with van der Waals surface area (Å²) in [4.78, 5) is 4.28. The van der Waals surface area contributed by atoms with Gasteiger partial charge in [-0.15, -0.1) is 12.4 Å². The second-order valence-corrected chi connectivity index (χ2v) is 4.59. The smallest absolute Gasteiger partial charge is 0.0541 e. The van der Waals surface area contributed by atoms with E-state index in [1.54, 1.807) is 0 Å². The zero-order valence-corrected chi connectivity index (χ0v) is 10.0. The van der Waals surface area contributed by atoms with Gasteiger partial charge in [0.15, 0.2) is 0 Å². The lowest BCUT2D eigenvalue weighted by Gasteiger charge is -2.38. The largest absolute Gasteiger partial charge is 0.311 e. The third kappa shape index (κ3) is 3.47. The van der Waals surface area contributed by atoms with Crippen LogP contribution < -0.4 is 5.32 Å². The van der Waals surface area contributed by atoms with Crippen molar-refractivity contribution in [2.45, 2.75) is 32.7 Å². The highest BCUT2D eigenvalue weighted by atomic mass is 35.5. The highest BCUT2D eigenvalue weighted by Gasteiger charge is 2.30. The van der Waals surface area contributed by atoms with Crippen molar-refractivity contribution < 1.29 is 0 Å². The Morgan fingerprint density at radius 3 is 2.73 bits per heavy atom. The van der Waals surface area contributed by atoms with Crippen LogP contribution in [0, 0.1) is 5.41 Å². The Bertz CT molecular complexity index is 283. The van der Waals surface area contributed by atoms with Gasteiger partial charge in [0.25, 0.3) is 0 Å². The highest BCUT2D eigenvalue weighted by Crippen LogP contribution is 2.39. The molecule has 0 aliphatic heterocycles. The Kier molecular flexibility index (Phi) is 4.55. The second kappa shape index (κ2) is 5.47. The van der Waals surface area contributed by atoms with Crippen LogP contribution in [0.4, 0.5) is 0 Å². The van der Waals surface area contributed by atoms with Gasteiger partial charge in [-0.1, -0.05) is 19.4 Å². The average Bonchev–Trinajstić information content (AvgIpc) is 2.17. The van der Waals surface area contributed by atoms with Crippen LogP contribution in [0.1, 0.15) is 31.9 Å². The fourth-order valence-corrected chi connectivity index (χ4v) is 1.95. The number of nitrogens with zero attached hydrogens (tertiary/aromatic N) is 1. The molecule has 1 aliphatic carbocycles. The predicted octanol–water partition coefficient (Wildman–Crippen LogP) is 2.78. The number of hydrogen-bond donors (Lipinski definition) is 1. The van der Waals surface area contributed by atoms with Crippen LogP contribution in [0.3, 0.4) is 0 Å². The summed E-state index contributed by atoms with van der Waals surface area (Å²) in [6.45, 7) is 4.39. The molecule has 84 valence electrons. The molecule has 0 bridgehead atoms. The van der Waals surface area contributed by atoms with Gasteiger partial charge < -0.3 is 5.32 Å². The highest BCUT2D eigenvalue weighted by molar-refractivity contribution is 5.85. The molecule has 0 saturated heterocycles. The van der Waals surface area contributed by atoms with Gasteiger partial charge in [-0.05, 0) is 30.4 Å². The van der Waals surface area contributed by atoms with Crippen molar-refractivity contribution in [2.75, 3.05) is 6.54 Å². The van der Waals surface area contributed by atoms with E-state index in [9.17, 15) is 0 Å². The van der Waals surface area contributed by atoms with Crippen molar-refractivity contribution in [1.29, 1.82) is 0 Å². The average molecular weight is 227 g/mol. The Hall–Kier alpha value is -0.600. The number of hydrogen-bond acceptors (Lipinski definition) is 2. The van der Waals surface area contributed by atoms with E-state index in [4.69, 9.17) is 0 Å². The molecule has 0 unspecified atom stereocenters. The third-order valence-electron chi connectivity index (χ3n) is 3.14. The van der Waals surface area contributed by atoms with E-state index in [1.165, 1.54) is 19.3 Å². The quantitative estimate of drug-likeness (QED) is 0.854. The van der Waals surface area contributed by atoms with Crippen molar-refractivity contribution in [2.24, 2.45) is 5.41 Å². The molecule has 2 rings (SSSR count). The zero-order valence-electron chi connectivity index (χ0n) is 9.20. The zero-order chi connectivity index (χ0) is 9.86. The van der Waals surface area contributed by atoms with Gasteiger partial charge >= 0.3 is 0 Å². The van der Waals surface area contributed by atoms with E-state index in [1.807, 2.05) is 18.3 Å². The minimum absolute atomic E-state index is 0. The van der Waals surface area contributed by atoms with E-state index in [0.717, 1.165) is 18.8 Å². The molecule has 0 radical (unpaired) electrons. The lowest BCUT2D eigenvalue weighted by atomic mass is 9.70. The number of aromatic nitrogens is 1. The Labute approximate surface area is 97.9 Å². The molecule has 0 aromatic carbocycles. The lowest BCUT2D eigenvalue weighted by molar-refractivity contribution is 0.156. The van der Waals surface area contributed by atoms with Gasteiger partial charge in [-0.2, -0.15) is 0 Å². The van der Waals surface area contributed by atoms with Crippen molar-refractivity contribution in [3.8, 4) is 0 Å². The summed E-state index contributed by atoms with van der Waals surface area (Å²) in [7, 11) is 0. The van der Waals surface area contributed by atoms with E-state index in [0.29, 0.717) is 5.41 Å². The van der Waals surface area contributed by atoms with E-state index >= 15 is 0 Å². The molecule has 1 saturated carbocycles. The van der Waals surface area contributed by atoms with Gasteiger partial charge in [0.05, 0.1) is 5.69 Å². The first kappa shape index (κ1) is 12.5. The maximum Gasteiger partial charge on any atom is 0.0541 e. The minimum atomic E-state index is 0. The number of rotatable bonds is 4. The molecule has 1 heterocycles. The molecule has 0 spiro atoms. The maximum absolute atomic E-state index is 4.28. The minimum Gasteiger partial charge on any atom is -0.311 e. The number of halogens is 1. The molecule has 1 aliphatic rings. The first-order valence-corrected chi connectivity index (χ1v) is 5.39. The summed E-state index contributed by atoms with van der Waals surface area (Å²) in [5.41, 5.74) is 1.70. The molecule has 15 heavy (non-hydrogen) atoms. The molecule has 3 heteroatoms. The van der Waals surface area contributed by atoms with Crippen LogP contribution in [0.2, 0.25) is 0 Å². The molecule has 0 atom stereocenters. The number of nitrogens with one attached hydrogen (secondary N) is 1. The lowest BCUT2D eigenvalue weighted by Crippen LogP contribution is -2.37. The number of pyridine rings is 1. The van der Waals surface area contributed by atoms with Crippen LogP contribution in [-0.2, 0) is 6.54 Å². The molecule has 2 nitrogen and oxygen atoms in total. The molecular weight excluding hydrogens is 208 g/mol. The van der Waals surface area contributed by atoms with Gasteiger partial charge in [0.2, 0.25) is 0 Å². The predicted molar refractivity (Wildman–Crippen MR) is 65.1 cm³/mol. The molecule has 1 aromatic heterocycles. The van der Waals surface area contributed by atoms with Crippen LogP contribution in [0.25, 0.3) is 0 Å². The molecular formula is C12H19ClN2. The van der Waals surface area contributed by atoms with E-state index < -0.39 is 0 Å². The van der Waals surface area contributed by atoms with Crippen LogP contribution in [0.15, 0.2) is 24.4 Å². The van der Waals surface area contributed by atoms with Crippen LogP contribution >= 0.6 is 12.4 Å². The molecule has 0 amide bonds. The molecule has 1 aromatic rings. The van der Waals surface area contributed by atoms with E-state index in [2.05, 4.69) is 23.3 Å². The second-order valence-electron chi connectivity index (χ2n) is 4.59. The third-order valence-corrected chi connectivity index (χ3v) is 3.14. The summed E-state index contributed by atoms with van der Waals surface area (Å²) in [6, 6.07) is 6.06. The summed E-state index contributed by atoms with van der Waals surface area (Å²) in [6.07, 6.45) is 6.01. The first-order valence-electron chi connectivity index (χ1n) is 5.39. The van der Waals surface area contributed by atoms with Gasteiger partial charge in [0, 0.05) is 19.3 Å². The fourth-order valence-electron chi connectivity index (χ4n) is 1.95. The maximum atomic E-state index is 4.28. The summed E-state index contributed by atoms with van der Waals surface area (Å²) in [5, 5.41) is 3.48. The van der Waals surface area contributed by atoms with Crippen molar-refractivity contribution in [3.05, 3.63) is 30.1 Å². The summed E-state index contributed by atoms with van der Waals surface area (Å²) in [5.74, 6) is 0. The summed E-state index contributed by atoms with van der Waals surface area (Å²) >= 11 is 0.